The molecule has 0 aliphatic rings. The van der Waals surface area contributed by atoms with Gasteiger partial charge in [0.15, 0.2) is 0 Å². The second-order valence-corrected chi connectivity index (χ2v) is 6.32. The van der Waals surface area contributed by atoms with Crippen LogP contribution in [0.25, 0.3) is 5.69 Å². The molecule has 3 aromatic rings. The minimum atomic E-state index is -0.162. The van der Waals surface area contributed by atoms with E-state index in [-0.39, 0.29) is 5.56 Å². The predicted octanol–water partition coefficient (Wildman–Crippen LogP) is 4.84. The highest BCUT2D eigenvalue weighted by Crippen LogP contribution is 2.27. The van der Waals surface area contributed by atoms with Crippen LogP contribution < -0.4 is 5.56 Å². The summed E-state index contributed by atoms with van der Waals surface area (Å²) in [4.78, 5) is 16.9. The van der Waals surface area contributed by atoms with Crippen LogP contribution >= 0.6 is 23.2 Å². The summed E-state index contributed by atoms with van der Waals surface area (Å²) in [5, 5.41) is 4.04. The molecular weight excluding hydrogens is 345 g/mol. The van der Waals surface area contributed by atoms with Gasteiger partial charge in [-0.25, -0.2) is 4.68 Å². The van der Waals surface area contributed by atoms with Crippen LogP contribution in [0.3, 0.4) is 0 Å². The van der Waals surface area contributed by atoms with Gasteiger partial charge in [-0.2, -0.15) is 0 Å². The molecule has 1 heterocycles. The zero-order valence-electron chi connectivity index (χ0n) is 13.2. The number of rotatable bonds is 3. The smallest absolute Gasteiger partial charge is 0.280 e. The van der Waals surface area contributed by atoms with Crippen LogP contribution in [-0.4, -0.2) is 16.0 Å². The van der Waals surface area contributed by atoms with Crippen molar-refractivity contribution in [2.24, 2.45) is 4.99 Å². The van der Waals surface area contributed by atoms with Crippen molar-refractivity contribution < 1.29 is 0 Å². The van der Waals surface area contributed by atoms with Crippen LogP contribution in [0.2, 0.25) is 10.0 Å². The molecule has 0 spiro atoms. The maximum absolute atomic E-state index is 12.6. The van der Waals surface area contributed by atoms with Gasteiger partial charge in [0.25, 0.3) is 5.56 Å². The molecule has 1 aromatic heterocycles. The Labute approximate surface area is 149 Å². The number of H-pyrrole nitrogens is 1. The number of aromatic nitrogens is 2. The molecule has 1 N–H and O–H groups in total. The molecule has 0 radical (unpaired) electrons. The van der Waals surface area contributed by atoms with E-state index >= 15 is 0 Å². The Balaban J connectivity index is 1.99. The largest absolute Gasteiger partial charge is 0.295 e. The van der Waals surface area contributed by atoms with Crippen molar-refractivity contribution in [2.45, 2.75) is 13.8 Å². The summed E-state index contributed by atoms with van der Waals surface area (Å²) < 4.78 is 1.50. The summed E-state index contributed by atoms with van der Waals surface area (Å²) >= 11 is 12.0. The van der Waals surface area contributed by atoms with Gasteiger partial charge in [-0.1, -0.05) is 40.9 Å². The second-order valence-electron chi connectivity index (χ2n) is 5.48. The number of nitrogens with zero attached hydrogens (tertiary/aromatic N) is 2. The van der Waals surface area contributed by atoms with E-state index in [0.717, 1.165) is 16.9 Å². The average Bonchev–Trinajstić information content (AvgIpc) is 2.82. The highest BCUT2D eigenvalue weighted by Gasteiger charge is 2.10. The normalized spacial score (nSPS) is 11.3. The Morgan fingerprint density at radius 1 is 1.08 bits per heavy atom. The van der Waals surface area contributed by atoms with E-state index in [0.29, 0.717) is 21.3 Å². The van der Waals surface area contributed by atoms with Crippen molar-refractivity contribution in [3.05, 3.63) is 79.7 Å². The molecule has 0 aliphatic carbocycles. The number of benzene rings is 2. The fourth-order valence-electron chi connectivity index (χ4n) is 2.31. The molecule has 0 saturated carbocycles. The van der Waals surface area contributed by atoms with Crippen molar-refractivity contribution in [1.29, 1.82) is 0 Å². The fourth-order valence-corrected chi connectivity index (χ4v) is 2.76. The molecule has 0 fully saturated rings. The third-order valence-electron chi connectivity index (χ3n) is 3.65. The summed E-state index contributed by atoms with van der Waals surface area (Å²) in [5.74, 6) is 0. The van der Waals surface area contributed by atoms with Crippen LogP contribution in [0, 0.1) is 13.8 Å². The topological polar surface area (TPSA) is 50.1 Å². The summed E-state index contributed by atoms with van der Waals surface area (Å²) in [6.07, 6.45) is 1.52. The number of aromatic amines is 1. The highest BCUT2D eigenvalue weighted by molar-refractivity contribution is 6.36. The second kappa shape index (κ2) is 6.67. The van der Waals surface area contributed by atoms with Gasteiger partial charge in [0.2, 0.25) is 0 Å². The van der Waals surface area contributed by atoms with Gasteiger partial charge >= 0.3 is 0 Å². The van der Waals surface area contributed by atoms with E-state index in [2.05, 4.69) is 10.1 Å². The molecule has 0 saturated heterocycles. The Morgan fingerprint density at radius 2 is 1.79 bits per heavy atom. The molecule has 2 aromatic carbocycles. The van der Waals surface area contributed by atoms with Crippen molar-refractivity contribution in [2.75, 3.05) is 0 Å². The minimum absolute atomic E-state index is 0.162. The Morgan fingerprint density at radius 3 is 2.46 bits per heavy atom. The molecule has 24 heavy (non-hydrogen) atoms. The van der Waals surface area contributed by atoms with E-state index in [9.17, 15) is 4.79 Å². The van der Waals surface area contributed by atoms with Crippen LogP contribution in [-0.2, 0) is 0 Å². The number of halogens is 2. The van der Waals surface area contributed by atoms with E-state index in [1.54, 1.807) is 18.2 Å². The Hall–Kier alpha value is -2.30. The van der Waals surface area contributed by atoms with Crippen LogP contribution in [0.5, 0.6) is 0 Å². The lowest BCUT2D eigenvalue weighted by Gasteiger charge is -2.01. The molecule has 6 heteroatoms. The first-order valence-corrected chi connectivity index (χ1v) is 8.09. The summed E-state index contributed by atoms with van der Waals surface area (Å²) in [5.41, 5.74) is 3.52. The van der Waals surface area contributed by atoms with Gasteiger partial charge in [0.1, 0.15) is 0 Å². The summed E-state index contributed by atoms with van der Waals surface area (Å²) in [7, 11) is 0. The third kappa shape index (κ3) is 3.30. The molecule has 0 atom stereocenters. The summed E-state index contributed by atoms with van der Waals surface area (Å²) in [6, 6.07) is 12.7. The molecule has 122 valence electrons. The quantitative estimate of drug-likeness (QED) is 0.668. The Kier molecular flexibility index (Phi) is 4.60. The van der Waals surface area contributed by atoms with Gasteiger partial charge in [-0.3, -0.25) is 14.9 Å². The maximum atomic E-state index is 12.6. The molecule has 3 rings (SSSR count). The number of aliphatic imine (C=N–C) groups is 1. The first-order chi connectivity index (χ1) is 11.5. The molecular formula is C18H15Cl2N3O. The average molecular weight is 360 g/mol. The van der Waals surface area contributed by atoms with Gasteiger partial charge in [0.05, 0.1) is 22.0 Å². The molecule has 0 amide bonds. The number of aryl methyl sites for hydroxylation is 2. The van der Waals surface area contributed by atoms with Crippen molar-refractivity contribution in [3.8, 4) is 5.69 Å². The zero-order chi connectivity index (χ0) is 17.3. The fraction of sp³-hybridized carbons (Fsp3) is 0.111. The standard InChI is InChI=1S/C18H15Cl2N3O/c1-11-3-6-14(7-4-11)23-18(24)15(12(2)22-23)10-21-17-8-5-13(19)9-16(17)20/h3-10,22H,1-2H3. The third-order valence-corrected chi connectivity index (χ3v) is 4.19. The van der Waals surface area contributed by atoms with E-state index in [1.807, 2.05) is 38.1 Å². The lowest BCUT2D eigenvalue weighted by Crippen LogP contribution is -2.17. The van der Waals surface area contributed by atoms with Gasteiger partial charge in [-0.15, -0.1) is 0 Å². The maximum Gasteiger partial charge on any atom is 0.280 e. The lowest BCUT2D eigenvalue weighted by atomic mass is 10.2. The lowest BCUT2D eigenvalue weighted by molar-refractivity contribution is 0.835. The van der Waals surface area contributed by atoms with Crippen molar-refractivity contribution >= 4 is 35.1 Å². The molecule has 0 bridgehead atoms. The van der Waals surface area contributed by atoms with E-state index < -0.39 is 0 Å². The van der Waals surface area contributed by atoms with E-state index in [4.69, 9.17) is 23.2 Å². The summed E-state index contributed by atoms with van der Waals surface area (Å²) in [6.45, 7) is 3.83. The minimum Gasteiger partial charge on any atom is -0.295 e. The Bertz CT molecular complexity index is 969. The SMILES string of the molecule is Cc1ccc(-n2[nH]c(C)c(C=Nc3ccc(Cl)cc3Cl)c2=O)cc1. The first-order valence-electron chi connectivity index (χ1n) is 7.33. The first kappa shape index (κ1) is 16.6. The van der Waals surface area contributed by atoms with Gasteiger partial charge in [0, 0.05) is 16.9 Å². The zero-order valence-corrected chi connectivity index (χ0v) is 14.7. The van der Waals surface area contributed by atoms with E-state index in [1.165, 1.54) is 10.9 Å². The number of nitrogens with one attached hydrogen (secondary N) is 1. The van der Waals surface area contributed by atoms with Crippen LogP contribution in [0.15, 0.2) is 52.3 Å². The monoisotopic (exact) mass is 359 g/mol. The number of hydrogen-bond donors (Lipinski definition) is 1. The van der Waals surface area contributed by atoms with Crippen molar-refractivity contribution in [1.82, 2.24) is 9.78 Å². The number of hydrogen-bond acceptors (Lipinski definition) is 2. The molecule has 0 unspecified atom stereocenters. The van der Waals surface area contributed by atoms with Gasteiger partial charge in [-0.05, 0) is 44.2 Å². The predicted molar refractivity (Wildman–Crippen MR) is 99.6 cm³/mol. The van der Waals surface area contributed by atoms with Crippen LogP contribution in [0.4, 0.5) is 5.69 Å². The van der Waals surface area contributed by atoms with Crippen molar-refractivity contribution in [3.63, 3.8) is 0 Å². The molecule has 0 aliphatic heterocycles. The van der Waals surface area contributed by atoms with Gasteiger partial charge < -0.3 is 0 Å². The molecule has 4 nitrogen and oxygen atoms in total. The highest BCUT2D eigenvalue weighted by atomic mass is 35.5. The van der Waals surface area contributed by atoms with Crippen LogP contribution in [0.1, 0.15) is 16.8 Å².